The van der Waals surface area contributed by atoms with Crippen molar-refractivity contribution in [3.05, 3.63) is 53.1 Å². The number of likely N-dealkylation sites (tertiary alicyclic amines) is 1. The van der Waals surface area contributed by atoms with E-state index in [4.69, 9.17) is 9.47 Å². The third-order valence-corrected chi connectivity index (χ3v) is 5.02. The second kappa shape index (κ2) is 9.65. The van der Waals surface area contributed by atoms with Gasteiger partial charge in [0.2, 0.25) is 6.41 Å². The summed E-state index contributed by atoms with van der Waals surface area (Å²) in [5.74, 6) is 0.899. The number of amides is 2. The molecule has 1 heterocycles. The van der Waals surface area contributed by atoms with Gasteiger partial charge in [0.15, 0.2) is 11.5 Å². The molecule has 0 saturated carbocycles. The molecular weight excluding hydrogens is 384 g/mol. The van der Waals surface area contributed by atoms with Gasteiger partial charge < -0.3 is 25.0 Å². The molecule has 0 unspecified atom stereocenters. The first-order chi connectivity index (χ1) is 14.6. The Kier molecular flexibility index (Phi) is 6.75. The molecule has 1 aliphatic heterocycles. The van der Waals surface area contributed by atoms with Crippen LogP contribution in [0.2, 0.25) is 0 Å². The van der Waals surface area contributed by atoms with Crippen LogP contribution in [0.1, 0.15) is 27.9 Å². The Bertz CT molecular complexity index is 970. The third-order valence-electron chi connectivity index (χ3n) is 5.02. The van der Waals surface area contributed by atoms with Gasteiger partial charge in [-0.2, -0.15) is 5.26 Å². The zero-order valence-electron chi connectivity index (χ0n) is 17.0. The number of nitriles is 1. The molecule has 0 spiro atoms. The van der Waals surface area contributed by atoms with Gasteiger partial charge in [-0.3, -0.25) is 9.59 Å². The van der Waals surface area contributed by atoms with Crippen LogP contribution in [0.4, 0.5) is 5.69 Å². The van der Waals surface area contributed by atoms with Crippen LogP contribution in [0.5, 0.6) is 11.5 Å². The first kappa shape index (κ1) is 21.0. The highest BCUT2D eigenvalue weighted by Gasteiger charge is 2.23. The van der Waals surface area contributed by atoms with Crippen LogP contribution in [-0.2, 0) is 11.3 Å². The van der Waals surface area contributed by atoms with Crippen LogP contribution in [-0.4, -0.2) is 50.6 Å². The highest BCUT2D eigenvalue weighted by atomic mass is 16.5. The van der Waals surface area contributed by atoms with Crippen molar-refractivity contribution < 1.29 is 19.1 Å². The molecule has 0 radical (unpaired) electrons. The number of hydrogen-bond donors (Lipinski definition) is 2. The summed E-state index contributed by atoms with van der Waals surface area (Å²) in [6.45, 7) is 1.55. The van der Waals surface area contributed by atoms with E-state index < -0.39 is 0 Å². The topological polar surface area (TPSA) is 104 Å². The van der Waals surface area contributed by atoms with E-state index in [0.29, 0.717) is 41.4 Å². The zero-order valence-corrected chi connectivity index (χ0v) is 17.0. The van der Waals surface area contributed by atoms with Gasteiger partial charge in [0.1, 0.15) is 0 Å². The Morgan fingerprint density at radius 1 is 1.23 bits per heavy atom. The van der Waals surface area contributed by atoms with Gasteiger partial charge in [0, 0.05) is 31.4 Å². The SMILES string of the molecule is COc1ccc(CNC(=O)c2cc(C#N)ccc2N[C@H]2CCN(C=O)C2)cc1OC. The molecule has 1 atom stereocenters. The summed E-state index contributed by atoms with van der Waals surface area (Å²) < 4.78 is 10.5. The second-order valence-corrected chi connectivity index (χ2v) is 6.97. The summed E-state index contributed by atoms with van der Waals surface area (Å²) in [5, 5.41) is 15.4. The van der Waals surface area contributed by atoms with Crippen molar-refractivity contribution in [2.45, 2.75) is 19.0 Å². The molecule has 30 heavy (non-hydrogen) atoms. The van der Waals surface area contributed by atoms with Crippen molar-refractivity contribution in [1.29, 1.82) is 5.26 Å². The Labute approximate surface area is 175 Å². The number of rotatable bonds is 8. The smallest absolute Gasteiger partial charge is 0.253 e. The van der Waals surface area contributed by atoms with Gasteiger partial charge in [-0.1, -0.05) is 6.07 Å². The van der Waals surface area contributed by atoms with Gasteiger partial charge in [-0.05, 0) is 42.3 Å². The monoisotopic (exact) mass is 408 g/mol. The van der Waals surface area contributed by atoms with Crippen LogP contribution in [0.15, 0.2) is 36.4 Å². The summed E-state index contributed by atoms with van der Waals surface area (Å²) in [4.78, 5) is 25.5. The molecule has 0 aliphatic carbocycles. The summed E-state index contributed by atoms with van der Waals surface area (Å²) in [7, 11) is 3.12. The predicted octanol–water partition coefficient (Wildman–Crippen LogP) is 2.15. The standard InChI is InChI=1S/C22H24N4O4/c1-29-20-6-4-16(10-21(20)30-2)12-24-22(28)18-9-15(11-23)3-5-19(18)25-17-7-8-26(13-17)14-27/h3-6,9-10,14,17,25H,7-8,12-13H2,1-2H3,(H,24,28)/t17-/m0/s1. The minimum atomic E-state index is -0.297. The van der Waals surface area contributed by atoms with Crippen molar-refractivity contribution in [1.82, 2.24) is 10.2 Å². The maximum absolute atomic E-state index is 12.9. The summed E-state index contributed by atoms with van der Waals surface area (Å²) >= 11 is 0. The van der Waals surface area contributed by atoms with Gasteiger partial charge in [0.25, 0.3) is 5.91 Å². The molecule has 2 aromatic carbocycles. The fraction of sp³-hybridized carbons (Fsp3) is 0.318. The number of nitrogens with one attached hydrogen (secondary N) is 2. The fourth-order valence-corrected chi connectivity index (χ4v) is 3.42. The van der Waals surface area contributed by atoms with E-state index in [-0.39, 0.29) is 18.5 Å². The van der Waals surface area contributed by atoms with Gasteiger partial charge in [0.05, 0.1) is 31.4 Å². The molecule has 0 aromatic heterocycles. The lowest BCUT2D eigenvalue weighted by Crippen LogP contribution is -2.28. The minimum absolute atomic E-state index is 0.0561. The first-order valence-corrected chi connectivity index (χ1v) is 9.57. The quantitative estimate of drug-likeness (QED) is 0.649. The Morgan fingerprint density at radius 3 is 2.70 bits per heavy atom. The maximum Gasteiger partial charge on any atom is 0.253 e. The highest BCUT2D eigenvalue weighted by molar-refractivity contribution is 6.00. The molecule has 156 valence electrons. The molecule has 3 rings (SSSR count). The molecule has 2 amide bonds. The number of carbonyl (C=O) groups is 2. The van der Waals surface area contributed by atoms with Crippen LogP contribution < -0.4 is 20.1 Å². The molecule has 1 aliphatic rings. The molecular formula is C22H24N4O4. The average Bonchev–Trinajstić information content (AvgIpc) is 3.25. The maximum atomic E-state index is 12.9. The van der Waals surface area contributed by atoms with E-state index in [1.807, 2.05) is 6.07 Å². The minimum Gasteiger partial charge on any atom is -0.493 e. The predicted molar refractivity (Wildman–Crippen MR) is 112 cm³/mol. The number of hydrogen-bond acceptors (Lipinski definition) is 6. The molecule has 0 bridgehead atoms. The number of carbonyl (C=O) groups excluding carboxylic acids is 2. The van der Waals surface area contributed by atoms with Crippen molar-refractivity contribution in [2.24, 2.45) is 0 Å². The van der Waals surface area contributed by atoms with E-state index in [1.165, 1.54) is 0 Å². The molecule has 1 fully saturated rings. The molecule has 2 aromatic rings. The van der Waals surface area contributed by atoms with Crippen molar-refractivity contribution in [3.63, 3.8) is 0 Å². The lowest BCUT2D eigenvalue weighted by Gasteiger charge is -2.18. The van der Waals surface area contributed by atoms with Crippen LogP contribution >= 0.6 is 0 Å². The van der Waals surface area contributed by atoms with E-state index >= 15 is 0 Å². The normalized spacial score (nSPS) is 15.2. The van der Waals surface area contributed by atoms with Crippen molar-refractivity contribution in [2.75, 3.05) is 32.6 Å². The zero-order chi connectivity index (χ0) is 21.5. The lowest BCUT2D eigenvalue weighted by molar-refractivity contribution is -0.117. The fourth-order valence-electron chi connectivity index (χ4n) is 3.42. The van der Waals surface area contributed by atoms with Crippen LogP contribution in [0.25, 0.3) is 0 Å². The van der Waals surface area contributed by atoms with Gasteiger partial charge >= 0.3 is 0 Å². The highest BCUT2D eigenvalue weighted by Crippen LogP contribution is 2.27. The second-order valence-electron chi connectivity index (χ2n) is 6.97. The van der Waals surface area contributed by atoms with E-state index in [1.54, 1.807) is 49.5 Å². The number of nitrogens with zero attached hydrogens (tertiary/aromatic N) is 2. The number of methoxy groups -OCH3 is 2. The third kappa shape index (κ3) is 4.81. The summed E-state index contributed by atoms with van der Waals surface area (Å²) in [6, 6.07) is 12.5. The lowest BCUT2D eigenvalue weighted by atomic mass is 10.1. The summed E-state index contributed by atoms with van der Waals surface area (Å²) in [6.07, 6.45) is 1.63. The average molecular weight is 408 g/mol. The van der Waals surface area contributed by atoms with Crippen LogP contribution in [0, 0.1) is 11.3 Å². The first-order valence-electron chi connectivity index (χ1n) is 9.57. The largest absolute Gasteiger partial charge is 0.493 e. The number of ether oxygens (including phenoxy) is 2. The number of benzene rings is 2. The van der Waals surface area contributed by atoms with Gasteiger partial charge in [-0.25, -0.2) is 0 Å². The Morgan fingerprint density at radius 2 is 2.03 bits per heavy atom. The molecule has 8 nitrogen and oxygen atoms in total. The van der Waals surface area contributed by atoms with Crippen molar-refractivity contribution in [3.8, 4) is 17.6 Å². The van der Waals surface area contributed by atoms with E-state index in [2.05, 4.69) is 16.7 Å². The van der Waals surface area contributed by atoms with Crippen molar-refractivity contribution >= 4 is 18.0 Å². The van der Waals surface area contributed by atoms with Crippen LogP contribution in [0.3, 0.4) is 0 Å². The Hall–Kier alpha value is -3.73. The molecule has 2 N–H and O–H groups in total. The van der Waals surface area contributed by atoms with E-state index in [9.17, 15) is 14.9 Å². The van der Waals surface area contributed by atoms with E-state index in [0.717, 1.165) is 18.4 Å². The molecule has 8 heteroatoms. The molecule has 1 saturated heterocycles. The summed E-state index contributed by atoms with van der Waals surface area (Å²) in [5.41, 5.74) is 2.28. The number of anilines is 1. The van der Waals surface area contributed by atoms with Gasteiger partial charge in [-0.15, -0.1) is 0 Å². The Balaban J connectivity index is 1.74.